The maximum Gasteiger partial charge on any atom is 0.120 e. The molecule has 3 aromatic carbocycles. The van der Waals surface area contributed by atoms with Crippen molar-refractivity contribution in [1.29, 1.82) is 0 Å². The molecule has 0 N–H and O–H groups in total. The van der Waals surface area contributed by atoms with Crippen LogP contribution in [0.1, 0.15) is 23.6 Å². The highest BCUT2D eigenvalue weighted by molar-refractivity contribution is 6.30. The van der Waals surface area contributed by atoms with Gasteiger partial charge in [-0.1, -0.05) is 54.9 Å². The van der Waals surface area contributed by atoms with Crippen LogP contribution in [0.5, 0.6) is 5.75 Å². The SMILES string of the molecule is CCc1ccc(N=Cc2cccc(OCc3cccc(Cl)c3)c2)cc1. The average Bonchev–Trinajstić information content (AvgIpc) is 2.65. The molecule has 0 aromatic heterocycles. The summed E-state index contributed by atoms with van der Waals surface area (Å²) < 4.78 is 5.85. The van der Waals surface area contributed by atoms with E-state index in [1.807, 2.05) is 66.9 Å². The first-order valence-corrected chi connectivity index (χ1v) is 8.71. The van der Waals surface area contributed by atoms with Gasteiger partial charge in [-0.2, -0.15) is 0 Å². The van der Waals surface area contributed by atoms with Gasteiger partial charge in [0.25, 0.3) is 0 Å². The molecule has 3 heteroatoms. The van der Waals surface area contributed by atoms with Gasteiger partial charge in [0, 0.05) is 11.2 Å². The lowest BCUT2D eigenvalue weighted by atomic mass is 10.1. The van der Waals surface area contributed by atoms with E-state index in [1.165, 1.54) is 5.56 Å². The maximum absolute atomic E-state index is 6.00. The van der Waals surface area contributed by atoms with E-state index < -0.39 is 0 Å². The molecule has 0 heterocycles. The molecule has 0 saturated heterocycles. The van der Waals surface area contributed by atoms with Crippen molar-refractivity contribution in [3.8, 4) is 5.75 Å². The fourth-order valence-electron chi connectivity index (χ4n) is 2.44. The monoisotopic (exact) mass is 349 g/mol. The predicted octanol–water partition coefficient (Wildman–Crippen LogP) is 6.23. The lowest BCUT2D eigenvalue weighted by molar-refractivity contribution is 0.306. The minimum absolute atomic E-state index is 0.486. The summed E-state index contributed by atoms with van der Waals surface area (Å²) in [6.07, 6.45) is 2.89. The molecule has 0 aliphatic carbocycles. The van der Waals surface area contributed by atoms with Gasteiger partial charge in [0.05, 0.1) is 5.69 Å². The smallest absolute Gasteiger partial charge is 0.120 e. The highest BCUT2D eigenvalue weighted by Crippen LogP contribution is 2.18. The van der Waals surface area contributed by atoms with Crippen molar-refractivity contribution in [3.63, 3.8) is 0 Å². The second-order valence-electron chi connectivity index (χ2n) is 5.77. The molecule has 3 rings (SSSR count). The van der Waals surface area contributed by atoms with Gasteiger partial charge in [-0.3, -0.25) is 4.99 Å². The molecule has 2 nitrogen and oxygen atoms in total. The third-order valence-corrected chi connectivity index (χ3v) is 4.10. The second-order valence-corrected chi connectivity index (χ2v) is 6.21. The Morgan fingerprint density at radius 2 is 1.72 bits per heavy atom. The molecule has 0 atom stereocenters. The van der Waals surface area contributed by atoms with E-state index in [0.717, 1.165) is 34.0 Å². The summed E-state index contributed by atoms with van der Waals surface area (Å²) >= 11 is 6.00. The first-order valence-electron chi connectivity index (χ1n) is 8.33. The summed E-state index contributed by atoms with van der Waals surface area (Å²) in [7, 11) is 0. The highest BCUT2D eigenvalue weighted by Gasteiger charge is 1.98. The minimum atomic E-state index is 0.486. The van der Waals surface area contributed by atoms with Gasteiger partial charge in [-0.15, -0.1) is 0 Å². The molecule has 0 saturated carbocycles. The van der Waals surface area contributed by atoms with Crippen molar-refractivity contribution in [2.24, 2.45) is 4.99 Å². The van der Waals surface area contributed by atoms with E-state index in [-0.39, 0.29) is 0 Å². The number of hydrogen-bond acceptors (Lipinski definition) is 2. The third kappa shape index (κ3) is 5.20. The quantitative estimate of drug-likeness (QED) is 0.483. The summed E-state index contributed by atoms with van der Waals surface area (Å²) in [6, 6.07) is 23.9. The summed E-state index contributed by atoms with van der Waals surface area (Å²) in [4.78, 5) is 4.52. The minimum Gasteiger partial charge on any atom is -0.489 e. The molecule has 0 aliphatic rings. The summed E-state index contributed by atoms with van der Waals surface area (Å²) in [5.74, 6) is 0.810. The zero-order chi connectivity index (χ0) is 17.5. The number of benzene rings is 3. The molecule has 25 heavy (non-hydrogen) atoms. The van der Waals surface area contributed by atoms with Gasteiger partial charge in [0.2, 0.25) is 0 Å². The lowest BCUT2D eigenvalue weighted by Gasteiger charge is -2.07. The zero-order valence-corrected chi connectivity index (χ0v) is 14.9. The molecule has 126 valence electrons. The van der Waals surface area contributed by atoms with Gasteiger partial charge >= 0.3 is 0 Å². The van der Waals surface area contributed by atoms with Crippen LogP contribution in [0.4, 0.5) is 5.69 Å². The number of halogens is 1. The van der Waals surface area contributed by atoms with Gasteiger partial charge < -0.3 is 4.74 Å². The van der Waals surface area contributed by atoms with E-state index >= 15 is 0 Å². The Bertz CT molecular complexity index is 856. The normalized spacial score (nSPS) is 11.0. The molecule has 0 radical (unpaired) electrons. The van der Waals surface area contributed by atoms with E-state index in [9.17, 15) is 0 Å². The van der Waals surface area contributed by atoms with Gasteiger partial charge in [0.1, 0.15) is 12.4 Å². The van der Waals surface area contributed by atoms with E-state index in [0.29, 0.717) is 6.61 Å². The Morgan fingerprint density at radius 1 is 0.920 bits per heavy atom. The molecule has 0 amide bonds. The van der Waals surface area contributed by atoms with Crippen LogP contribution in [-0.2, 0) is 13.0 Å². The van der Waals surface area contributed by atoms with Crippen LogP contribution in [-0.4, -0.2) is 6.21 Å². The van der Waals surface area contributed by atoms with E-state index in [4.69, 9.17) is 16.3 Å². The molecule has 0 bridgehead atoms. The van der Waals surface area contributed by atoms with Crippen LogP contribution < -0.4 is 4.74 Å². The standard InChI is InChI=1S/C22H20ClNO/c1-2-17-9-11-21(12-10-17)24-15-18-5-4-8-22(14-18)25-16-19-6-3-7-20(23)13-19/h3-15H,2,16H2,1H3. The molecule has 0 fully saturated rings. The number of ether oxygens (including phenoxy) is 1. The van der Waals surface area contributed by atoms with Crippen molar-refractivity contribution >= 4 is 23.5 Å². The van der Waals surface area contributed by atoms with Crippen LogP contribution in [0.3, 0.4) is 0 Å². The summed E-state index contributed by atoms with van der Waals surface area (Å²) in [6.45, 7) is 2.63. The first-order chi connectivity index (χ1) is 12.2. The predicted molar refractivity (Wildman–Crippen MR) is 105 cm³/mol. The van der Waals surface area contributed by atoms with Crippen molar-refractivity contribution in [1.82, 2.24) is 0 Å². The lowest BCUT2D eigenvalue weighted by Crippen LogP contribution is -1.95. The molecular weight excluding hydrogens is 330 g/mol. The summed E-state index contributed by atoms with van der Waals surface area (Å²) in [5.41, 5.74) is 4.31. The van der Waals surface area contributed by atoms with Crippen LogP contribution in [0.25, 0.3) is 0 Å². The Labute approximate surface area is 153 Å². The number of aliphatic imine (C=N–C) groups is 1. The third-order valence-electron chi connectivity index (χ3n) is 3.86. The van der Waals surface area contributed by atoms with Gasteiger partial charge in [-0.25, -0.2) is 0 Å². The first kappa shape index (κ1) is 17.2. The second kappa shape index (κ2) is 8.50. The summed E-state index contributed by atoms with van der Waals surface area (Å²) in [5, 5.41) is 0.719. The fraction of sp³-hybridized carbons (Fsp3) is 0.136. The Balaban J connectivity index is 1.65. The highest BCUT2D eigenvalue weighted by atomic mass is 35.5. The average molecular weight is 350 g/mol. The van der Waals surface area contributed by atoms with Crippen molar-refractivity contribution < 1.29 is 4.74 Å². The van der Waals surface area contributed by atoms with Crippen molar-refractivity contribution in [2.75, 3.05) is 0 Å². The van der Waals surface area contributed by atoms with Crippen molar-refractivity contribution in [2.45, 2.75) is 20.0 Å². The van der Waals surface area contributed by atoms with Gasteiger partial charge in [0.15, 0.2) is 0 Å². The largest absolute Gasteiger partial charge is 0.489 e. The maximum atomic E-state index is 6.00. The number of nitrogens with zero attached hydrogens (tertiary/aromatic N) is 1. The number of rotatable bonds is 6. The molecular formula is C22H20ClNO. The Kier molecular flexibility index (Phi) is 5.86. The Hall–Kier alpha value is -2.58. The van der Waals surface area contributed by atoms with Crippen LogP contribution in [0.15, 0.2) is 77.8 Å². The fourth-order valence-corrected chi connectivity index (χ4v) is 2.66. The topological polar surface area (TPSA) is 21.6 Å². The molecule has 0 aliphatic heterocycles. The Morgan fingerprint density at radius 3 is 2.48 bits per heavy atom. The van der Waals surface area contributed by atoms with Crippen molar-refractivity contribution in [3.05, 3.63) is 94.5 Å². The molecule has 0 spiro atoms. The van der Waals surface area contributed by atoms with Crippen LogP contribution >= 0.6 is 11.6 Å². The van der Waals surface area contributed by atoms with Gasteiger partial charge in [-0.05, 0) is 59.5 Å². The van der Waals surface area contributed by atoms with Crippen LogP contribution in [0, 0.1) is 0 Å². The molecule has 0 unspecified atom stereocenters. The van der Waals surface area contributed by atoms with E-state index in [1.54, 1.807) is 0 Å². The van der Waals surface area contributed by atoms with E-state index in [2.05, 4.69) is 24.0 Å². The van der Waals surface area contributed by atoms with Crippen LogP contribution in [0.2, 0.25) is 5.02 Å². The number of aryl methyl sites for hydroxylation is 1. The molecule has 3 aromatic rings. The zero-order valence-electron chi connectivity index (χ0n) is 14.2. The number of hydrogen-bond donors (Lipinski definition) is 0.